The number of H-pyrrole nitrogens is 1. The average molecular weight is 360 g/mol. The maximum atomic E-state index is 8.76. The monoisotopic (exact) mass is 360 g/mol. The highest BCUT2D eigenvalue weighted by Crippen LogP contribution is 2.22. The molecule has 0 amide bonds. The Morgan fingerprint density at radius 3 is 2.38 bits per heavy atom. The molecule has 2 rings (SSSR count). The number of nitrogens with zero attached hydrogens (tertiary/aromatic N) is 1. The second-order valence-electron chi connectivity index (χ2n) is 4.59. The summed E-state index contributed by atoms with van der Waals surface area (Å²) in [6.07, 6.45) is 0.670. The molecule has 0 saturated carbocycles. The number of nitrogens with two attached hydrogens (primary N) is 1. The molecule has 10 nitrogen and oxygen atoms in total. The highest BCUT2D eigenvalue weighted by atomic mass is 32.3. The van der Waals surface area contributed by atoms with Gasteiger partial charge >= 0.3 is 10.4 Å². The minimum absolute atomic E-state index is 0.0418. The number of aromatic nitrogens is 2. The van der Waals surface area contributed by atoms with Gasteiger partial charge in [0.25, 0.3) is 0 Å². The van der Waals surface area contributed by atoms with Gasteiger partial charge in [0.2, 0.25) is 0 Å². The van der Waals surface area contributed by atoms with Gasteiger partial charge in [0.1, 0.15) is 5.75 Å². The van der Waals surface area contributed by atoms with Crippen molar-refractivity contribution in [1.29, 1.82) is 0 Å². The van der Waals surface area contributed by atoms with Gasteiger partial charge in [-0.2, -0.15) is 13.5 Å². The van der Waals surface area contributed by atoms with Crippen molar-refractivity contribution in [2.75, 3.05) is 31.3 Å². The van der Waals surface area contributed by atoms with Gasteiger partial charge in [-0.15, -0.1) is 0 Å². The maximum Gasteiger partial charge on any atom is 0.394 e. The molecule has 2 aromatic rings. The molecule has 0 atom stereocenters. The van der Waals surface area contributed by atoms with E-state index in [2.05, 4.69) is 15.5 Å². The first kappa shape index (κ1) is 19.7. The van der Waals surface area contributed by atoms with Crippen LogP contribution in [-0.4, -0.2) is 53.1 Å². The van der Waals surface area contributed by atoms with Crippen LogP contribution < -0.4 is 15.8 Å². The highest BCUT2D eigenvalue weighted by molar-refractivity contribution is 7.79. The standard InChI is InChI=1S/C13H18N4O2.H2O4S/c1-19-10-4-2-9(3-5-10)8-11-12(14)13(17-16-11)15-6-7-18;1-5(2,3)4/h2-5,18H,6-8,14H2,1H3,(H2,15,16,17);(H2,1,2,3,4). The van der Waals surface area contributed by atoms with Crippen LogP contribution in [0.5, 0.6) is 5.75 Å². The van der Waals surface area contributed by atoms with Crippen LogP contribution in [0, 0.1) is 0 Å². The molecule has 0 saturated heterocycles. The first-order valence-electron chi connectivity index (χ1n) is 6.74. The molecule has 0 bridgehead atoms. The third-order valence-electron chi connectivity index (χ3n) is 2.83. The van der Waals surface area contributed by atoms with E-state index in [9.17, 15) is 0 Å². The number of ether oxygens (including phenoxy) is 1. The third kappa shape index (κ3) is 7.28. The molecule has 134 valence electrons. The number of aliphatic hydroxyl groups excluding tert-OH is 1. The van der Waals surface area contributed by atoms with Crippen molar-refractivity contribution >= 4 is 21.9 Å². The van der Waals surface area contributed by atoms with E-state index < -0.39 is 10.4 Å². The largest absolute Gasteiger partial charge is 0.497 e. The van der Waals surface area contributed by atoms with E-state index in [0.717, 1.165) is 17.0 Å². The van der Waals surface area contributed by atoms with Crippen LogP contribution in [-0.2, 0) is 16.8 Å². The number of anilines is 2. The molecule has 11 heteroatoms. The number of methoxy groups -OCH3 is 1. The molecule has 24 heavy (non-hydrogen) atoms. The first-order chi connectivity index (χ1) is 11.2. The smallest absolute Gasteiger partial charge is 0.394 e. The second-order valence-corrected chi connectivity index (χ2v) is 5.48. The Morgan fingerprint density at radius 1 is 1.29 bits per heavy atom. The van der Waals surface area contributed by atoms with Crippen LogP contribution >= 0.6 is 0 Å². The van der Waals surface area contributed by atoms with Gasteiger partial charge in [-0.3, -0.25) is 14.2 Å². The summed E-state index contributed by atoms with van der Waals surface area (Å²) in [5.41, 5.74) is 8.54. The zero-order valence-electron chi connectivity index (χ0n) is 12.9. The molecule has 0 unspecified atom stereocenters. The molecular formula is C13H20N4O6S. The lowest BCUT2D eigenvalue weighted by Gasteiger charge is -2.04. The van der Waals surface area contributed by atoms with Crippen LogP contribution in [0.1, 0.15) is 11.3 Å². The Morgan fingerprint density at radius 2 is 1.88 bits per heavy atom. The summed E-state index contributed by atoms with van der Waals surface area (Å²) in [4.78, 5) is 0. The van der Waals surface area contributed by atoms with Crippen molar-refractivity contribution in [3.63, 3.8) is 0 Å². The Labute approximate surface area is 139 Å². The average Bonchev–Trinajstić information content (AvgIpc) is 2.85. The number of nitrogens with one attached hydrogen (secondary N) is 2. The highest BCUT2D eigenvalue weighted by Gasteiger charge is 2.09. The van der Waals surface area contributed by atoms with Crippen LogP contribution in [0.4, 0.5) is 11.5 Å². The number of benzene rings is 1. The SMILES string of the molecule is COc1ccc(Cc2[nH]nc(NCCO)c2N)cc1.O=S(=O)(O)O. The van der Waals surface area contributed by atoms with Gasteiger partial charge in [-0.05, 0) is 17.7 Å². The predicted molar refractivity (Wildman–Crippen MR) is 88.6 cm³/mol. The summed E-state index contributed by atoms with van der Waals surface area (Å²) in [6, 6.07) is 7.79. The van der Waals surface area contributed by atoms with Gasteiger partial charge in [0, 0.05) is 13.0 Å². The summed E-state index contributed by atoms with van der Waals surface area (Å²) in [7, 11) is -3.03. The minimum Gasteiger partial charge on any atom is -0.497 e. The molecule has 0 fully saturated rings. The third-order valence-corrected chi connectivity index (χ3v) is 2.83. The van der Waals surface area contributed by atoms with E-state index >= 15 is 0 Å². The van der Waals surface area contributed by atoms with E-state index in [4.69, 9.17) is 33.1 Å². The van der Waals surface area contributed by atoms with Crippen LogP contribution in [0.2, 0.25) is 0 Å². The van der Waals surface area contributed by atoms with E-state index in [1.807, 2.05) is 24.3 Å². The Bertz CT molecular complexity index is 721. The number of nitrogen functional groups attached to an aromatic ring is 1. The van der Waals surface area contributed by atoms with Gasteiger partial charge in [-0.25, -0.2) is 0 Å². The molecular weight excluding hydrogens is 340 g/mol. The molecule has 7 N–H and O–H groups in total. The fourth-order valence-electron chi connectivity index (χ4n) is 1.78. The van der Waals surface area contributed by atoms with Gasteiger partial charge in [-0.1, -0.05) is 12.1 Å². The van der Waals surface area contributed by atoms with Gasteiger partial charge in [0.15, 0.2) is 5.82 Å². The van der Waals surface area contributed by atoms with Crippen LogP contribution in [0.15, 0.2) is 24.3 Å². The van der Waals surface area contributed by atoms with Crippen molar-refractivity contribution in [3.05, 3.63) is 35.5 Å². The van der Waals surface area contributed by atoms with Crippen molar-refractivity contribution in [2.24, 2.45) is 0 Å². The molecule has 0 aliphatic heterocycles. The quantitative estimate of drug-likeness (QED) is 0.397. The summed E-state index contributed by atoms with van der Waals surface area (Å²) in [5.74, 6) is 1.41. The molecule has 0 aliphatic carbocycles. The Hall–Kier alpha value is -2.34. The Kier molecular flexibility index (Phi) is 7.45. The lowest BCUT2D eigenvalue weighted by atomic mass is 10.1. The normalized spacial score (nSPS) is 10.7. The fourth-order valence-corrected chi connectivity index (χ4v) is 1.78. The number of aliphatic hydroxyl groups is 1. The summed E-state index contributed by atoms with van der Waals surface area (Å²) < 4.78 is 36.7. The minimum atomic E-state index is -4.67. The van der Waals surface area contributed by atoms with Crippen molar-refractivity contribution in [1.82, 2.24) is 10.2 Å². The molecule has 0 spiro atoms. The lowest BCUT2D eigenvalue weighted by molar-refractivity contribution is 0.311. The van der Waals surface area contributed by atoms with E-state index in [1.165, 1.54) is 0 Å². The predicted octanol–water partition coefficient (Wildman–Crippen LogP) is 0.343. The first-order valence-corrected chi connectivity index (χ1v) is 8.14. The van der Waals surface area contributed by atoms with Gasteiger partial charge < -0.3 is 20.9 Å². The summed E-state index contributed by atoms with van der Waals surface area (Å²) in [5, 5.41) is 18.7. The number of aromatic amines is 1. The number of rotatable bonds is 6. The second kappa shape index (κ2) is 9.08. The van der Waals surface area contributed by atoms with E-state index in [0.29, 0.717) is 24.5 Å². The summed E-state index contributed by atoms with van der Waals surface area (Å²) in [6.45, 7) is 0.469. The van der Waals surface area contributed by atoms with E-state index in [-0.39, 0.29) is 6.61 Å². The van der Waals surface area contributed by atoms with Crippen LogP contribution in [0.3, 0.4) is 0 Å². The topological polar surface area (TPSA) is 171 Å². The molecule has 1 heterocycles. The summed E-state index contributed by atoms with van der Waals surface area (Å²) >= 11 is 0. The molecule has 0 aliphatic rings. The number of hydrogen-bond acceptors (Lipinski definition) is 7. The molecule has 0 radical (unpaired) electrons. The fraction of sp³-hybridized carbons (Fsp3) is 0.308. The van der Waals surface area contributed by atoms with E-state index in [1.54, 1.807) is 7.11 Å². The lowest BCUT2D eigenvalue weighted by Crippen LogP contribution is -2.07. The molecule has 1 aromatic carbocycles. The van der Waals surface area contributed by atoms with Crippen LogP contribution in [0.25, 0.3) is 0 Å². The van der Waals surface area contributed by atoms with Crippen molar-refractivity contribution < 1.29 is 27.4 Å². The zero-order valence-corrected chi connectivity index (χ0v) is 13.7. The Balaban J connectivity index is 0.000000505. The molecule has 1 aromatic heterocycles. The number of hydrogen-bond donors (Lipinski definition) is 6. The van der Waals surface area contributed by atoms with Crippen molar-refractivity contribution in [3.8, 4) is 5.75 Å². The van der Waals surface area contributed by atoms with Gasteiger partial charge in [0.05, 0.1) is 25.1 Å². The zero-order chi connectivity index (χ0) is 18.2. The van der Waals surface area contributed by atoms with Crippen molar-refractivity contribution in [2.45, 2.75) is 6.42 Å². The maximum absolute atomic E-state index is 8.76.